The van der Waals surface area contributed by atoms with Crippen LogP contribution in [0, 0.1) is 0 Å². The van der Waals surface area contributed by atoms with Gasteiger partial charge < -0.3 is 9.80 Å². The third kappa shape index (κ3) is 3.30. The molecule has 3 fully saturated rings. The largest absolute Gasteiger partial charge is 0.339 e. The Kier molecular flexibility index (Phi) is 4.24. The van der Waals surface area contributed by atoms with E-state index < -0.39 is 0 Å². The predicted octanol–water partition coefficient (Wildman–Crippen LogP) is 1.33. The van der Waals surface area contributed by atoms with Crippen molar-refractivity contribution in [3.8, 4) is 0 Å². The molecule has 24 heavy (non-hydrogen) atoms. The van der Waals surface area contributed by atoms with Gasteiger partial charge in [-0.25, -0.2) is 4.68 Å². The van der Waals surface area contributed by atoms with Gasteiger partial charge in [-0.3, -0.25) is 9.59 Å². The fraction of sp³-hybridized carbons (Fsp3) is 0.765. The zero-order valence-electron chi connectivity index (χ0n) is 14.1. The summed E-state index contributed by atoms with van der Waals surface area (Å²) in [6.07, 6.45) is 9.02. The van der Waals surface area contributed by atoms with Gasteiger partial charge >= 0.3 is 0 Å². The summed E-state index contributed by atoms with van der Waals surface area (Å²) in [5.41, 5.74) is 1.09. The summed E-state index contributed by atoms with van der Waals surface area (Å²) >= 11 is 0. The molecule has 1 saturated carbocycles. The molecule has 3 aliphatic rings. The molecule has 1 aromatic heterocycles. The lowest BCUT2D eigenvalue weighted by Crippen LogP contribution is -2.42. The third-order valence-corrected chi connectivity index (χ3v) is 5.41. The average Bonchev–Trinajstić information content (AvgIpc) is 3.17. The van der Waals surface area contributed by atoms with Crippen LogP contribution < -0.4 is 0 Å². The second kappa shape index (κ2) is 6.53. The van der Waals surface area contributed by atoms with E-state index in [0.29, 0.717) is 18.9 Å². The molecule has 7 heteroatoms. The van der Waals surface area contributed by atoms with E-state index in [1.54, 1.807) is 4.90 Å². The van der Waals surface area contributed by atoms with Crippen molar-refractivity contribution in [3.05, 3.63) is 11.9 Å². The van der Waals surface area contributed by atoms with Gasteiger partial charge in [0.25, 0.3) is 0 Å². The molecule has 2 amide bonds. The van der Waals surface area contributed by atoms with E-state index >= 15 is 0 Å². The SMILES string of the molecule is O=C1CCCCCN1CC(=O)N1CCC(n2cc(C3CC3)nn2)C1. The molecule has 7 nitrogen and oxygen atoms in total. The van der Waals surface area contributed by atoms with E-state index in [2.05, 4.69) is 16.5 Å². The Balaban J connectivity index is 1.33. The highest BCUT2D eigenvalue weighted by molar-refractivity contribution is 5.85. The Morgan fingerprint density at radius 3 is 2.88 bits per heavy atom. The first-order valence-electron chi connectivity index (χ1n) is 9.18. The highest BCUT2D eigenvalue weighted by atomic mass is 16.2. The number of carbonyl (C=O) groups excluding carboxylic acids is 2. The minimum atomic E-state index is 0.0651. The first-order valence-corrected chi connectivity index (χ1v) is 9.18. The van der Waals surface area contributed by atoms with Gasteiger partial charge in [0.2, 0.25) is 11.8 Å². The molecule has 3 heterocycles. The summed E-state index contributed by atoms with van der Waals surface area (Å²) < 4.78 is 1.93. The normalized spacial score (nSPS) is 25.2. The van der Waals surface area contributed by atoms with Gasteiger partial charge in [0.1, 0.15) is 0 Å². The zero-order valence-corrected chi connectivity index (χ0v) is 14.1. The van der Waals surface area contributed by atoms with E-state index in [1.165, 1.54) is 12.8 Å². The second-order valence-corrected chi connectivity index (χ2v) is 7.31. The zero-order chi connectivity index (χ0) is 16.5. The Hall–Kier alpha value is -1.92. The molecule has 0 N–H and O–H groups in total. The van der Waals surface area contributed by atoms with Gasteiger partial charge in [0.05, 0.1) is 18.3 Å². The van der Waals surface area contributed by atoms with Gasteiger partial charge in [-0.2, -0.15) is 0 Å². The molecule has 1 atom stereocenters. The van der Waals surface area contributed by atoms with E-state index in [4.69, 9.17) is 0 Å². The quantitative estimate of drug-likeness (QED) is 0.834. The lowest BCUT2D eigenvalue weighted by molar-refractivity contribution is -0.139. The summed E-state index contributed by atoms with van der Waals surface area (Å²) in [6, 6.07) is 0.216. The Labute approximate surface area is 142 Å². The van der Waals surface area contributed by atoms with Crippen molar-refractivity contribution in [1.82, 2.24) is 24.8 Å². The van der Waals surface area contributed by atoms with Gasteiger partial charge in [0, 0.05) is 38.2 Å². The van der Waals surface area contributed by atoms with E-state index in [0.717, 1.165) is 44.5 Å². The minimum absolute atomic E-state index is 0.0651. The summed E-state index contributed by atoms with van der Waals surface area (Å²) in [7, 11) is 0. The number of hydrogen-bond acceptors (Lipinski definition) is 4. The molecular formula is C17H25N5O2. The smallest absolute Gasteiger partial charge is 0.242 e. The molecule has 2 aliphatic heterocycles. The molecule has 1 unspecified atom stereocenters. The number of amides is 2. The van der Waals surface area contributed by atoms with Crippen molar-refractivity contribution in [2.75, 3.05) is 26.2 Å². The maximum Gasteiger partial charge on any atom is 0.242 e. The van der Waals surface area contributed by atoms with Crippen LogP contribution in [0.3, 0.4) is 0 Å². The summed E-state index contributed by atoms with van der Waals surface area (Å²) in [5.74, 6) is 0.796. The number of likely N-dealkylation sites (tertiary alicyclic amines) is 2. The van der Waals surface area contributed by atoms with Crippen LogP contribution in [0.15, 0.2) is 6.20 Å². The fourth-order valence-electron chi connectivity index (χ4n) is 3.69. The van der Waals surface area contributed by atoms with Crippen LogP contribution in [0.2, 0.25) is 0 Å². The number of carbonyl (C=O) groups is 2. The standard InChI is InChI=1S/C17H25N5O2/c23-16-4-2-1-3-8-20(16)12-17(24)21-9-7-14(10-21)22-11-15(18-19-22)13-5-6-13/h11,13-14H,1-10,12H2. The number of aromatic nitrogens is 3. The maximum atomic E-state index is 12.6. The molecule has 130 valence electrons. The number of rotatable bonds is 4. The van der Waals surface area contributed by atoms with Gasteiger partial charge in [-0.1, -0.05) is 11.6 Å². The number of nitrogens with zero attached hydrogens (tertiary/aromatic N) is 5. The Bertz CT molecular complexity index is 624. The highest BCUT2D eigenvalue weighted by Crippen LogP contribution is 2.39. The Morgan fingerprint density at radius 2 is 2.04 bits per heavy atom. The molecule has 0 bridgehead atoms. The van der Waals surface area contributed by atoms with Crippen LogP contribution >= 0.6 is 0 Å². The predicted molar refractivity (Wildman–Crippen MR) is 87.3 cm³/mol. The lowest BCUT2D eigenvalue weighted by atomic mass is 10.2. The molecule has 1 aromatic rings. The van der Waals surface area contributed by atoms with Gasteiger partial charge in [0.15, 0.2) is 0 Å². The summed E-state index contributed by atoms with van der Waals surface area (Å²) in [4.78, 5) is 28.2. The van der Waals surface area contributed by atoms with Crippen molar-refractivity contribution in [2.45, 2.75) is 56.9 Å². The van der Waals surface area contributed by atoms with Crippen molar-refractivity contribution in [3.63, 3.8) is 0 Å². The molecule has 4 rings (SSSR count). The first-order chi connectivity index (χ1) is 11.7. The lowest BCUT2D eigenvalue weighted by Gasteiger charge is -2.23. The van der Waals surface area contributed by atoms with Crippen LogP contribution in [0.25, 0.3) is 0 Å². The van der Waals surface area contributed by atoms with Crippen molar-refractivity contribution >= 4 is 11.8 Å². The van der Waals surface area contributed by atoms with Crippen LogP contribution in [-0.4, -0.2) is 62.8 Å². The molecule has 2 saturated heterocycles. The summed E-state index contributed by atoms with van der Waals surface area (Å²) in [5, 5.41) is 8.52. The third-order valence-electron chi connectivity index (χ3n) is 5.41. The second-order valence-electron chi connectivity index (χ2n) is 7.31. The van der Waals surface area contributed by atoms with E-state index in [9.17, 15) is 9.59 Å². The van der Waals surface area contributed by atoms with Crippen molar-refractivity contribution in [2.24, 2.45) is 0 Å². The van der Waals surface area contributed by atoms with Gasteiger partial charge in [-0.05, 0) is 32.1 Å². The molecule has 0 radical (unpaired) electrons. The fourth-order valence-corrected chi connectivity index (χ4v) is 3.69. The van der Waals surface area contributed by atoms with Crippen LogP contribution in [0.1, 0.15) is 62.6 Å². The number of hydrogen-bond donors (Lipinski definition) is 0. The summed E-state index contributed by atoms with van der Waals surface area (Å²) in [6.45, 7) is 2.37. The molecule has 0 spiro atoms. The van der Waals surface area contributed by atoms with Crippen LogP contribution in [-0.2, 0) is 9.59 Å². The maximum absolute atomic E-state index is 12.6. The average molecular weight is 331 g/mol. The molecule has 0 aromatic carbocycles. The first kappa shape index (κ1) is 15.6. The van der Waals surface area contributed by atoms with Crippen molar-refractivity contribution < 1.29 is 9.59 Å². The minimum Gasteiger partial charge on any atom is -0.339 e. The monoisotopic (exact) mass is 331 g/mol. The topological polar surface area (TPSA) is 71.3 Å². The molecule has 1 aliphatic carbocycles. The van der Waals surface area contributed by atoms with Crippen molar-refractivity contribution in [1.29, 1.82) is 0 Å². The Morgan fingerprint density at radius 1 is 1.17 bits per heavy atom. The van der Waals surface area contributed by atoms with Gasteiger partial charge in [-0.15, -0.1) is 5.10 Å². The van der Waals surface area contributed by atoms with Crippen LogP contribution in [0.4, 0.5) is 0 Å². The highest BCUT2D eigenvalue weighted by Gasteiger charge is 2.32. The van der Waals surface area contributed by atoms with Crippen LogP contribution in [0.5, 0.6) is 0 Å². The molecular weight excluding hydrogens is 306 g/mol. The van der Waals surface area contributed by atoms with E-state index in [-0.39, 0.29) is 24.4 Å². The van der Waals surface area contributed by atoms with E-state index in [1.807, 2.05) is 9.58 Å².